The lowest BCUT2D eigenvalue weighted by Gasteiger charge is -2.19. The van der Waals surface area contributed by atoms with E-state index in [4.69, 9.17) is 5.11 Å². The monoisotopic (exact) mass is 291 g/mol. The zero-order chi connectivity index (χ0) is 16.0. The summed E-state index contributed by atoms with van der Waals surface area (Å²) in [6.07, 6.45) is 2.14. The Balaban J connectivity index is 2.76. The molecule has 1 aromatic rings. The topological polar surface area (TPSA) is 66.4 Å². The molecule has 0 radical (unpaired) electrons. The molecule has 0 aromatic heterocycles. The van der Waals surface area contributed by atoms with E-state index in [1.165, 1.54) is 0 Å². The molecule has 1 amide bonds. The average molecular weight is 291 g/mol. The van der Waals surface area contributed by atoms with E-state index in [1.807, 2.05) is 19.1 Å². The van der Waals surface area contributed by atoms with Gasteiger partial charge in [-0.05, 0) is 29.5 Å². The largest absolute Gasteiger partial charge is 0.480 e. The highest BCUT2D eigenvalue weighted by Crippen LogP contribution is 2.22. The van der Waals surface area contributed by atoms with Crippen LogP contribution in [0.2, 0.25) is 0 Å². The van der Waals surface area contributed by atoms with Gasteiger partial charge in [0.15, 0.2) is 0 Å². The summed E-state index contributed by atoms with van der Waals surface area (Å²) in [5.41, 5.74) is 1.66. The van der Waals surface area contributed by atoms with Crippen LogP contribution in [-0.2, 0) is 10.2 Å². The Hall–Kier alpha value is -1.84. The maximum Gasteiger partial charge on any atom is 0.326 e. The first-order chi connectivity index (χ1) is 9.75. The van der Waals surface area contributed by atoms with E-state index in [1.54, 1.807) is 12.1 Å². The van der Waals surface area contributed by atoms with E-state index in [-0.39, 0.29) is 11.3 Å². The highest BCUT2D eigenvalue weighted by molar-refractivity contribution is 5.96. The molecule has 1 aromatic carbocycles. The summed E-state index contributed by atoms with van der Waals surface area (Å²) in [4.78, 5) is 23.3. The molecule has 0 heterocycles. The van der Waals surface area contributed by atoms with Crippen LogP contribution in [0.25, 0.3) is 0 Å². The zero-order valence-corrected chi connectivity index (χ0v) is 13.3. The number of carbonyl (C=O) groups is 2. The number of hydrogen-bond donors (Lipinski definition) is 2. The zero-order valence-electron chi connectivity index (χ0n) is 13.3. The molecule has 0 aliphatic rings. The maximum absolute atomic E-state index is 12.1. The van der Waals surface area contributed by atoms with Gasteiger partial charge in [-0.1, -0.05) is 52.7 Å². The SMILES string of the molecule is CCCCC(NC(=O)c1ccc(C(C)(C)C)cc1)C(=O)O. The van der Waals surface area contributed by atoms with Gasteiger partial charge < -0.3 is 10.4 Å². The molecule has 116 valence electrons. The van der Waals surface area contributed by atoms with Crippen molar-refractivity contribution >= 4 is 11.9 Å². The molecule has 2 N–H and O–H groups in total. The van der Waals surface area contributed by atoms with Gasteiger partial charge in [0.1, 0.15) is 6.04 Å². The smallest absolute Gasteiger partial charge is 0.326 e. The predicted octanol–water partition coefficient (Wildman–Crippen LogP) is 3.36. The molecule has 0 spiro atoms. The molecule has 0 saturated heterocycles. The molecular formula is C17H25NO3. The third-order valence-electron chi connectivity index (χ3n) is 3.46. The van der Waals surface area contributed by atoms with Crippen molar-refractivity contribution in [2.45, 2.75) is 58.4 Å². The molecule has 0 saturated carbocycles. The molecule has 21 heavy (non-hydrogen) atoms. The molecular weight excluding hydrogens is 266 g/mol. The molecule has 4 nitrogen and oxygen atoms in total. The Bertz CT molecular complexity index is 486. The third-order valence-corrected chi connectivity index (χ3v) is 3.46. The Morgan fingerprint density at radius 3 is 2.19 bits per heavy atom. The van der Waals surface area contributed by atoms with Crippen molar-refractivity contribution in [1.82, 2.24) is 5.32 Å². The van der Waals surface area contributed by atoms with E-state index >= 15 is 0 Å². The van der Waals surface area contributed by atoms with Gasteiger partial charge in [0, 0.05) is 5.56 Å². The molecule has 1 unspecified atom stereocenters. The quantitative estimate of drug-likeness (QED) is 0.844. The van der Waals surface area contributed by atoms with Crippen LogP contribution in [0, 0.1) is 0 Å². The van der Waals surface area contributed by atoms with Gasteiger partial charge >= 0.3 is 5.97 Å². The molecule has 1 rings (SSSR count). The van der Waals surface area contributed by atoms with Gasteiger partial charge in [0.25, 0.3) is 5.91 Å². The summed E-state index contributed by atoms with van der Waals surface area (Å²) in [7, 11) is 0. The Kier molecular flexibility index (Phi) is 5.94. The van der Waals surface area contributed by atoms with Crippen LogP contribution in [0.5, 0.6) is 0 Å². The van der Waals surface area contributed by atoms with Crippen LogP contribution >= 0.6 is 0 Å². The normalized spacial score (nSPS) is 12.8. The van der Waals surface area contributed by atoms with E-state index in [0.717, 1.165) is 18.4 Å². The number of hydrogen-bond acceptors (Lipinski definition) is 2. The first kappa shape index (κ1) is 17.2. The van der Waals surface area contributed by atoms with Crippen molar-refractivity contribution in [3.05, 3.63) is 35.4 Å². The van der Waals surface area contributed by atoms with E-state index in [9.17, 15) is 9.59 Å². The average Bonchev–Trinajstić information content (AvgIpc) is 2.42. The van der Waals surface area contributed by atoms with E-state index < -0.39 is 12.0 Å². The summed E-state index contributed by atoms with van der Waals surface area (Å²) in [5, 5.41) is 11.7. The summed E-state index contributed by atoms with van der Waals surface area (Å²) < 4.78 is 0. The lowest BCUT2D eigenvalue weighted by Crippen LogP contribution is -2.40. The van der Waals surface area contributed by atoms with Gasteiger partial charge in [-0.3, -0.25) is 4.79 Å². The summed E-state index contributed by atoms with van der Waals surface area (Å²) in [5.74, 6) is -1.32. The second-order valence-electron chi connectivity index (χ2n) is 6.33. The van der Waals surface area contributed by atoms with Gasteiger partial charge in [-0.2, -0.15) is 0 Å². The molecule has 0 aliphatic heterocycles. The molecule has 0 fully saturated rings. The number of carbonyl (C=O) groups excluding carboxylic acids is 1. The van der Waals surface area contributed by atoms with Crippen molar-refractivity contribution < 1.29 is 14.7 Å². The van der Waals surface area contributed by atoms with E-state index in [0.29, 0.717) is 12.0 Å². The highest BCUT2D eigenvalue weighted by Gasteiger charge is 2.20. The third kappa shape index (κ3) is 5.21. The number of carboxylic acids is 1. The van der Waals surface area contributed by atoms with Crippen molar-refractivity contribution in [3.63, 3.8) is 0 Å². The van der Waals surface area contributed by atoms with Crippen LogP contribution in [0.3, 0.4) is 0 Å². The fourth-order valence-electron chi connectivity index (χ4n) is 2.03. The first-order valence-corrected chi connectivity index (χ1v) is 7.40. The molecule has 0 aliphatic carbocycles. The van der Waals surface area contributed by atoms with Crippen LogP contribution in [-0.4, -0.2) is 23.0 Å². The van der Waals surface area contributed by atoms with Crippen LogP contribution in [0.15, 0.2) is 24.3 Å². The number of nitrogens with one attached hydrogen (secondary N) is 1. The van der Waals surface area contributed by atoms with Gasteiger partial charge in [-0.15, -0.1) is 0 Å². The Morgan fingerprint density at radius 2 is 1.76 bits per heavy atom. The molecule has 0 bridgehead atoms. The van der Waals surface area contributed by atoms with Crippen molar-refractivity contribution in [2.24, 2.45) is 0 Å². The second kappa shape index (κ2) is 7.25. The fourth-order valence-corrected chi connectivity index (χ4v) is 2.03. The minimum absolute atomic E-state index is 0.0275. The van der Waals surface area contributed by atoms with Crippen LogP contribution in [0.1, 0.15) is 62.9 Å². The Morgan fingerprint density at radius 1 is 1.19 bits per heavy atom. The second-order valence-corrected chi connectivity index (χ2v) is 6.33. The summed E-state index contributed by atoms with van der Waals surface area (Å²) >= 11 is 0. The standard InChI is InChI=1S/C17H25NO3/c1-5-6-7-14(16(20)21)18-15(19)12-8-10-13(11-9-12)17(2,3)4/h8-11,14H,5-7H2,1-4H3,(H,18,19)(H,20,21). The lowest BCUT2D eigenvalue weighted by atomic mass is 9.86. The molecule has 1 atom stereocenters. The lowest BCUT2D eigenvalue weighted by molar-refractivity contribution is -0.139. The minimum Gasteiger partial charge on any atom is -0.480 e. The maximum atomic E-state index is 12.1. The van der Waals surface area contributed by atoms with Gasteiger partial charge in [0.2, 0.25) is 0 Å². The number of rotatable bonds is 6. The number of aliphatic carboxylic acids is 1. The van der Waals surface area contributed by atoms with Gasteiger partial charge in [0.05, 0.1) is 0 Å². The van der Waals surface area contributed by atoms with Crippen molar-refractivity contribution in [2.75, 3.05) is 0 Å². The molecule has 4 heteroatoms. The van der Waals surface area contributed by atoms with Crippen molar-refractivity contribution in [3.8, 4) is 0 Å². The number of benzene rings is 1. The van der Waals surface area contributed by atoms with Crippen LogP contribution < -0.4 is 5.32 Å². The van der Waals surface area contributed by atoms with Crippen molar-refractivity contribution in [1.29, 1.82) is 0 Å². The number of amides is 1. The summed E-state index contributed by atoms with van der Waals surface area (Å²) in [6.45, 7) is 8.31. The number of carboxylic acid groups (broad SMARTS) is 1. The Labute approximate surface area is 126 Å². The predicted molar refractivity (Wildman–Crippen MR) is 83.6 cm³/mol. The van der Waals surface area contributed by atoms with E-state index in [2.05, 4.69) is 26.1 Å². The highest BCUT2D eigenvalue weighted by atomic mass is 16.4. The number of unbranched alkanes of at least 4 members (excludes halogenated alkanes) is 1. The van der Waals surface area contributed by atoms with Crippen LogP contribution in [0.4, 0.5) is 0 Å². The summed E-state index contributed by atoms with van der Waals surface area (Å²) in [6, 6.07) is 6.50. The first-order valence-electron chi connectivity index (χ1n) is 7.40. The van der Waals surface area contributed by atoms with Gasteiger partial charge in [-0.25, -0.2) is 4.79 Å². The minimum atomic E-state index is -0.983. The fraction of sp³-hybridized carbons (Fsp3) is 0.529.